The van der Waals surface area contributed by atoms with Gasteiger partial charge in [0.2, 0.25) is 0 Å². The number of hydrazine groups is 1. The fraction of sp³-hybridized carbons (Fsp3) is 0.222. The van der Waals surface area contributed by atoms with Gasteiger partial charge >= 0.3 is 0 Å². The molecule has 0 aromatic carbocycles. The predicted octanol–water partition coefficient (Wildman–Crippen LogP) is 1.37. The van der Waals surface area contributed by atoms with E-state index < -0.39 is 0 Å². The van der Waals surface area contributed by atoms with Crippen LogP contribution in [0.1, 0.15) is 5.69 Å². The molecule has 5 N–H and O–H groups in total. The van der Waals surface area contributed by atoms with Gasteiger partial charge in [-0.2, -0.15) is 5.10 Å². The Morgan fingerprint density at radius 2 is 2.14 bits per heavy atom. The van der Waals surface area contributed by atoms with E-state index in [1.807, 2.05) is 24.4 Å². The number of H-pyrrole nitrogens is 1. The van der Waals surface area contributed by atoms with E-state index in [0.717, 1.165) is 22.3 Å². The van der Waals surface area contributed by atoms with Crippen molar-refractivity contribution in [2.75, 3.05) is 24.4 Å². The van der Waals surface area contributed by atoms with Crippen LogP contribution in [-0.4, -0.2) is 48.5 Å². The number of aromatic nitrogens is 6. The van der Waals surface area contributed by atoms with E-state index in [2.05, 4.69) is 41.2 Å². The van der Waals surface area contributed by atoms with Gasteiger partial charge in [0.05, 0.1) is 48.8 Å². The summed E-state index contributed by atoms with van der Waals surface area (Å²) in [6, 6.07) is 5.89. The van der Waals surface area contributed by atoms with Crippen LogP contribution in [-0.2, 0) is 13.1 Å². The van der Waals surface area contributed by atoms with E-state index in [4.69, 9.17) is 5.11 Å². The third-order valence-electron chi connectivity index (χ3n) is 4.16. The molecule has 0 aliphatic rings. The monoisotopic (exact) mass is 379 g/mol. The summed E-state index contributed by atoms with van der Waals surface area (Å²) in [6.45, 7) is 1.01. The van der Waals surface area contributed by atoms with Crippen molar-refractivity contribution in [1.82, 2.24) is 35.1 Å². The number of aliphatic hydroxyl groups excluding tert-OH is 1. The number of hydrogen-bond acceptors (Lipinski definition) is 8. The highest BCUT2D eigenvalue weighted by Gasteiger charge is 2.11. The van der Waals surface area contributed by atoms with Crippen molar-refractivity contribution in [3.8, 4) is 11.3 Å². The Labute approximate surface area is 161 Å². The largest absolute Gasteiger partial charge is 0.394 e. The molecule has 28 heavy (non-hydrogen) atoms. The van der Waals surface area contributed by atoms with Crippen LogP contribution in [0, 0.1) is 0 Å². The minimum absolute atomic E-state index is 0.0317. The number of pyridine rings is 1. The molecule has 0 amide bonds. The first kappa shape index (κ1) is 17.9. The third kappa shape index (κ3) is 3.77. The molecule has 4 heterocycles. The van der Waals surface area contributed by atoms with Crippen LogP contribution in [0.25, 0.3) is 22.3 Å². The lowest BCUT2D eigenvalue weighted by molar-refractivity contribution is 0.269. The van der Waals surface area contributed by atoms with Crippen molar-refractivity contribution >= 4 is 22.7 Å². The molecule has 4 aromatic heterocycles. The summed E-state index contributed by atoms with van der Waals surface area (Å²) >= 11 is 0. The Hall–Kier alpha value is -3.50. The number of hydrogen-bond donors (Lipinski definition) is 5. The van der Waals surface area contributed by atoms with Crippen molar-refractivity contribution < 1.29 is 5.11 Å². The molecule has 0 bridgehead atoms. The maximum absolute atomic E-state index is 9.05. The van der Waals surface area contributed by atoms with Crippen LogP contribution < -0.4 is 16.2 Å². The Morgan fingerprint density at radius 3 is 2.96 bits per heavy atom. The second-order valence-corrected chi connectivity index (χ2v) is 6.13. The van der Waals surface area contributed by atoms with Crippen LogP contribution in [0.5, 0.6) is 0 Å². The van der Waals surface area contributed by atoms with E-state index in [9.17, 15) is 0 Å². The quantitative estimate of drug-likeness (QED) is 0.290. The zero-order valence-electron chi connectivity index (χ0n) is 15.3. The van der Waals surface area contributed by atoms with E-state index >= 15 is 0 Å². The molecule has 0 spiro atoms. The summed E-state index contributed by atoms with van der Waals surface area (Å²) in [5.41, 5.74) is 10.3. The zero-order valence-corrected chi connectivity index (χ0v) is 15.3. The number of rotatable bonds is 8. The number of aliphatic hydroxyl groups is 1. The molecule has 0 radical (unpaired) electrons. The smallest absolute Gasteiger partial charge is 0.183 e. The first-order chi connectivity index (χ1) is 13.8. The second-order valence-electron chi connectivity index (χ2n) is 6.13. The van der Waals surface area contributed by atoms with Crippen LogP contribution in [0.2, 0.25) is 0 Å². The number of nitrogens with zero attached hydrogens (tertiary/aromatic N) is 5. The molecule has 4 aromatic rings. The third-order valence-corrected chi connectivity index (χ3v) is 4.16. The van der Waals surface area contributed by atoms with Crippen molar-refractivity contribution in [3.05, 3.63) is 48.7 Å². The van der Waals surface area contributed by atoms with Crippen molar-refractivity contribution in [2.24, 2.45) is 0 Å². The van der Waals surface area contributed by atoms with Gasteiger partial charge in [0, 0.05) is 30.7 Å². The highest BCUT2D eigenvalue weighted by Crippen LogP contribution is 2.23. The fourth-order valence-corrected chi connectivity index (χ4v) is 2.87. The molecule has 4 rings (SSSR count). The van der Waals surface area contributed by atoms with Gasteiger partial charge in [0.15, 0.2) is 11.6 Å². The van der Waals surface area contributed by atoms with Gasteiger partial charge in [0.25, 0.3) is 0 Å². The maximum Gasteiger partial charge on any atom is 0.183 e. The van der Waals surface area contributed by atoms with Gasteiger partial charge < -0.3 is 20.8 Å². The predicted molar refractivity (Wildman–Crippen MR) is 106 cm³/mol. The lowest BCUT2D eigenvalue weighted by Gasteiger charge is -2.12. The first-order valence-electron chi connectivity index (χ1n) is 8.87. The molecule has 0 atom stereocenters. The highest BCUT2D eigenvalue weighted by molar-refractivity contribution is 5.75. The van der Waals surface area contributed by atoms with Crippen LogP contribution in [0.3, 0.4) is 0 Å². The van der Waals surface area contributed by atoms with Crippen LogP contribution in [0.15, 0.2) is 43.0 Å². The Kier molecular flexibility index (Phi) is 5.13. The molecule has 10 nitrogen and oxygen atoms in total. The molecular formula is C18H21N9O. The molecule has 0 saturated heterocycles. The van der Waals surface area contributed by atoms with Crippen LogP contribution >= 0.6 is 0 Å². The summed E-state index contributed by atoms with van der Waals surface area (Å²) in [4.78, 5) is 16.8. The number of anilines is 2. The normalized spacial score (nSPS) is 11.1. The summed E-state index contributed by atoms with van der Waals surface area (Å²) < 4.78 is 1.67. The topological polar surface area (TPSA) is 129 Å². The average Bonchev–Trinajstić information content (AvgIpc) is 3.34. The van der Waals surface area contributed by atoms with E-state index in [0.29, 0.717) is 30.4 Å². The number of nitrogens with one attached hydrogen (secondary N) is 4. The van der Waals surface area contributed by atoms with Crippen molar-refractivity contribution in [3.63, 3.8) is 0 Å². The molecule has 0 unspecified atom stereocenters. The summed E-state index contributed by atoms with van der Waals surface area (Å²) in [7, 11) is 1.77. The molecule has 0 fully saturated rings. The summed E-state index contributed by atoms with van der Waals surface area (Å²) in [5, 5.41) is 16.6. The Morgan fingerprint density at radius 1 is 1.21 bits per heavy atom. The first-order valence-corrected chi connectivity index (χ1v) is 8.87. The molecular weight excluding hydrogens is 358 g/mol. The fourth-order valence-electron chi connectivity index (χ4n) is 2.87. The molecule has 0 aliphatic carbocycles. The van der Waals surface area contributed by atoms with Crippen molar-refractivity contribution in [2.45, 2.75) is 13.1 Å². The molecule has 10 heteroatoms. The zero-order chi connectivity index (χ0) is 19.3. The second kappa shape index (κ2) is 8.03. The van der Waals surface area contributed by atoms with Gasteiger partial charge in [-0.1, -0.05) is 0 Å². The summed E-state index contributed by atoms with van der Waals surface area (Å²) in [6.07, 6.45) is 6.99. The van der Waals surface area contributed by atoms with Gasteiger partial charge in [-0.15, -0.1) is 0 Å². The minimum Gasteiger partial charge on any atom is -0.394 e. The molecule has 144 valence electrons. The van der Waals surface area contributed by atoms with Crippen molar-refractivity contribution in [1.29, 1.82) is 0 Å². The number of aromatic amines is 1. The van der Waals surface area contributed by atoms with Crippen LogP contribution in [0.4, 0.5) is 11.6 Å². The molecule has 0 saturated carbocycles. The Balaban J connectivity index is 1.57. The summed E-state index contributed by atoms with van der Waals surface area (Å²) in [5.74, 6) is 1.19. The average molecular weight is 379 g/mol. The lowest BCUT2D eigenvalue weighted by Crippen LogP contribution is -2.18. The van der Waals surface area contributed by atoms with E-state index in [-0.39, 0.29) is 6.61 Å². The molecule has 0 aliphatic heterocycles. The standard InChI is InChI=1S/C18H21N9O/c1-19-26-18-17(21-9-13-7-15-14(24-13)3-2-4-20-15)25-16(10-22-18)12-8-23-27(11-12)5-6-28/h2-4,7-8,10-11,19,24,28H,5-6,9H2,1H3,(H,21,25)(H,22,26). The maximum atomic E-state index is 9.05. The highest BCUT2D eigenvalue weighted by atomic mass is 16.3. The van der Waals surface area contributed by atoms with Gasteiger partial charge in [-0.25, -0.2) is 15.4 Å². The number of fused-ring (bicyclic) bond motifs is 1. The van der Waals surface area contributed by atoms with E-state index in [1.165, 1.54) is 0 Å². The minimum atomic E-state index is 0.0317. The Bertz CT molecular complexity index is 1040. The van der Waals surface area contributed by atoms with Gasteiger partial charge in [-0.05, 0) is 18.2 Å². The van der Waals surface area contributed by atoms with E-state index in [1.54, 1.807) is 30.3 Å². The van der Waals surface area contributed by atoms with Gasteiger partial charge in [-0.3, -0.25) is 9.67 Å². The SMILES string of the molecule is CNNc1ncc(-c2cnn(CCO)c2)nc1NCc1cc2ncccc2[nH]1. The lowest BCUT2D eigenvalue weighted by atomic mass is 10.2. The van der Waals surface area contributed by atoms with Gasteiger partial charge in [0.1, 0.15) is 0 Å².